The molecule has 1 saturated heterocycles. The first-order valence-corrected chi connectivity index (χ1v) is 9.03. The molecule has 0 N–H and O–H groups in total. The first-order valence-electron chi connectivity index (χ1n) is 7.32. The lowest BCUT2D eigenvalue weighted by atomic mass is 9.92. The third-order valence-electron chi connectivity index (χ3n) is 4.56. The molecule has 1 aliphatic carbocycles. The van der Waals surface area contributed by atoms with E-state index >= 15 is 0 Å². The Balaban J connectivity index is 2.03. The summed E-state index contributed by atoms with van der Waals surface area (Å²) in [5.74, 6) is -1.19. The van der Waals surface area contributed by atoms with Crippen molar-refractivity contribution in [1.29, 1.82) is 0 Å². The molecule has 6 heteroatoms. The van der Waals surface area contributed by atoms with Crippen LogP contribution in [-0.4, -0.2) is 44.7 Å². The molecule has 1 aliphatic heterocycles. The second-order valence-electron chi connectivity index (χ2n) is 6.11. The number of ether oxygens (including phenoxy) is 2. The van der Waals surface area contributed by atoms with Gasteiger partial charge in [-0.1, -0.05) is 19.8 Å². The monoisotopic (exact) mass is 304 g/mol. The highest BCUT2D eigenvalue weighted by molar-refractivity contribution is 7.92. The minimum Gasteiger partial charge on any atom is -0.469 e. The molecule has 1 heterocycles. The standard InChI is InChI=1S/C14H24O5S/c1-11(13(15)18-2)10-20(16,17)12-5-8-19-14(9-12)6-3-4-7-14/h11-12H,3-10H2,1-2H3. The smallest absolute Gasteiger partial charge is 0.309 e. The fourth-order valence-electron chi connectivity index (χ4n) is 3.41. The number of sulfone groups is 1. The summed E-state index contributed by atoms with van der Waals surface area (Å²) in [4.78, 5) is 11.4. The number of esters is 1. The van der Waals surface area contributed by atoms with E-state index in [1.54, 1.807) is 6.92 Å². The normalized spacial score (nSPS) is 27.4. The lowest BCUT2D eigenvalue weighted by molar-refractivity contribution is -0.144. The van der Waals surface area contributed by atoms with E-state index in [0.717, 1.165) is 25.7 Å². The van der Waals surface area contributed by atoms with Crippen LogP contribution in [0.25, 0.3) is 0 Å². The van der Waals surface area contributed by atoms with Gasteiger partial charge in [-0.2, -0.15) is 0 Å². The Morgan fingerprint density at radius 3 is 2.65 bits per heavy atom. The van der Waals surface area contributed by atoms with Gasteiger partial charge in [0.25, 0.3) is 0 Å². The van der Waals surface area contributed by atoms with E-state index in [1.165, 1.54) is 7.11 Å². The predicted molar refractivity (Wildman–Crippen MR) is 75.1 cm³/mol. The zero-order valence-electron chi connectivity index (χ0n) is 12.3. The molecule has 2 fully saturated rings. The van der Waals surface area contributed by atoms with Crippen molar-refractivity contribution in [3.05, 3.63) is 0 Å². The van der Waals surface area contributed by atoms with Crippen LogP contribution in [0, 0.1) is 5.92 Å². The van der Waals surface area contributed by atoms with E-state index in [0.29, 0.717) is 19.4 Å². The summed E-state index contributed by atoms with van der Waals surface area (Å²) in [7, 11) is -2.00. The molecule has 5 nitrogen and oxygen atoms in total. The largest absolute Gasteiger partial charge is 0.469 e. The van der Waals surface area contributed by atoms with Crippen LogP contribution >= 0.6 is 0 Å². The Bertz CT molecular complexity index is 450. The first-order chi connectivity index (χ1) is 9.38. The van der Waals surface area contributed by atoms with E-state index in [2.05, 4.69) is 4.74 Å². The fourth-order valence-corrected chi connectivity index (χ4v) is 5.53. The zero-order valence-corrected chi connectivity index (χ0v) is 13.1. The summed E-state index contributed by atoms with van der Waals surface area (Å²) in [5, 5.41) is -0.374. The molecule has 20 heavy (non-hydrogen) atoms. The minimum atomic E-state index is -3.28. The van der Waals surface area contributed by atoms with Crippen LogP contribution in [0.2, 0.25) is 0 Å². The molecule has 0 aromatic heterocycles. The number of hydrogen-bond acceptors (Lipinski definition) is 5. The van der Waals surface area contributed by atoms with Crippen LogP contribution in [-0.2, 0) is 24.1 Å². The number of methoxy groups -OCH3 is 1. The van der Waals surface area contributed by atoms with Crippen molar-refractivity contribution in [3.63, 3.8) is 0 Å². The second kappa shape index (κ2) is 6.02. The molecular formula is C14H24O5S. The van der Waals surface area contributed by atoms with Crippen LogP contribution in [0.5, 0.6) is 0 Å². The lowest BCUT2D eigenvalue weighted by Gasteiger charge is -2.38. The fraction of sp³-hybridized carbons (Fsp3) is 0.929. The number of rotatable bonds is 4. The molecule has 1 spiro atoms. The highest BCUT2D eigenvalue weighted by atomic mass is 32.2. The summed E-state index contributed by atoms with van der Waals surface area (Å²) < 4.78 is 35.5. The van der Waals surface area contributed by atoms with E-state index in [1.807, 2.05) is 0 Å². The van der Waals surface area contributed by atoms with Gasteiger partial charge in [0.15, 0.2) is 9.84 Å². The Kier molecular flexibility index (Phi) is 4.74. The molecule has 0 bridgehead atoms. The third-order valence-corrected chi connectivity index (χ3v) is 6.94. The summed E-state index contributed by atoms with van der Waals surface area (Å²) in [6.07, 6.45) is 5.29. The SMILES string of the molecule is COC(=O)C(C)CS(=O)(=O)C1CCOC2(CCCC2)C1. The summed E-state index contributed by atoms with van der Waals surface area (Å²) in [6.45, 7) is 2.12. The third kappa shape index (κ3) is 3.34. The predicted octanol–water partition coefficient (Wildman–Crippen LogP) is 1.70. The maximum Gasteiger partial charge on any atom is 0.309 e. The second-order valence-corrected chi connectivity index (χ2v) is 8.43. The van der Waals surface area contributed by atoms with Gasteiger partial charge in [-0.15, -0.1) is 0 Å². The minimum absolute atomic E-state index is 0.125. The molecule has 116 valence electrons. The van der Waals surface area contributed by atoms with Crippen LogP contribution in [0.4, 0.5) is 0 Å². The Morgan fingerprint density at radius 1 is 1.40 bits per heavy atom. The van der Waals surface area contributed by atoms with Gasteiger partial charge < -0.3 is 9.47 Å². The number of hydrogen-bond donors (Lipinski definition) is 0. The Hall–Kier alpha value is -0.620. The molecule has 2 unspecified atom stereocenters. The van der Waals surface area contributed by atoms with E-state index in [9.17, 15) is 13.2 Å². The molecule has 0 aromatic rings. The maximum absolute atomic E-state index is 12.5. The number of carbonyl (C=O) groups excluding carboxylic acids is 1. The van der Waals surface area contributed by atoms with Crippen molar-refractivity contribution in [1.82, 2.24) is 0 Å². The van der Waals surface area contributed by atoms with Crippen molar-refractivity contribution in [2.24, 2.45) is 5.92 Å². The van der Waals surface area contributed by atoms with Crippen molar-refractivity contribution in [2.75, 3.05) is 19.5 Å². The topological polar surface area (TPSA) is 69.7 Å². The van der Waals surface area contributed by atoms with Crippen molar-refractivity contribution < 1.29 is 22.7 Å². The van der Waals surface area contributed by atoms with E-state index < -0.39 is 21.7 Å². The van der Waals surface area contributed by atoms with Crippen LogP contribution < -0.4 is 0 Å². The molecule has 2 atom stereocenters. The van der Waals surface area contributed by atoms with Crippen LogP contribution in [0.3, 0.4) is 0 Å². The Labute approximate surface area is 120 Å². The van der Waals surface area contributed by atoms with Gasteiger partial charge in [0.05, 0.1) is 29.6 Å². The molecule has 0 amide bonds. The first kappa shape index (κ1) is 15.8. The van der Waals surface area contributed by atoms with E-state index in [-0.39, 0.29) is 16.6 Å². The van der Waals surface area contributed by atoms with Gasteiger partial charge in [0.2, 0.25) is 0 Å². The lowest BCUT2D eigenvalue weighted by Crippen LogP contribution is -2.44. The molecule has 0 radical (unpaired) electrons. The van der Waals surface area contributed by atoms with Crippen LogP contribution in [0.1, 0.15) is 45.4 Å². The highest BCUT2D eigenvalue weighted by Gasteiger charge is 2.44. The van der Waals surface area contributed by atoms with Crippen molar-refractivity contribution in [2.45, 2.75) is 56.3 Å². The highest BCUT2D eigenvalue weighted by Crippen LogP contribution is 2.41. The Morgan fingerprint density at radius 2 is 2.05 bits per heavy atom. The quantitative estimate of drug-likeness (QED) is 0.739. The average molecular weight is 304 g/mol. The van der Waals surface area contributed by atoms with Gasteiger partial charge >= 0.3 is 5.97 Å². The maximum atomic E-state index is 12.5. The van der Waals surface area contributed by atoms with Gasteiger partial charge in [0, 0.05) is 6.61 Å². The van der Waals surface area contributed by atoms with Crippen molar-refractivity contribution in [3.8, 4) is 0 Å². The van der Waals surface area contributed by atoms with E-state index in [4.69, 9.17) is 4.74 Å². The van der Waals surface area contributed by atoms with Crippen molar-refractivity contribution >= 4 is 15.8 Å². The van der Waals surface area contributed by atoms with Gasteiger partial charge in [-0.3, -0.25) is 4.79 Å². The summed E-state index contributed by atoms with van der Waals surface area (Å²) in [6, 6.07) is 0. The molecule has 0 aromatic carbocycles. The summed E-state index contributed by atoms with van der Waals surface area (Å²) in [5.41, 5.74) is -0.218. The van der Waals surface area contributed by atoms with Crippen LogP contribution in [0.15, 0.2) is 0 Å². The average Bonchev–Trinajstić information content (AvgIpc) is 2.85. The van der Waals surface area contributed by atoms with Gasteiger partial charge in [0.1, 0.15) is 0 Å². The molecule has 1 saturated carbocycles. The van der Waals surface area contributed by atoms with Gasteiger partial charge in [-0.25, -0.2) is 8.42 Å². The molecule has 2 aliphatic rings. The molecular weight excluding hydrogens is 280 g/mol. The van der Waals surface area contributed by atoms with Gasteiger partial charge in [-0.05, 0) is 25.7 Å². The zero-order chi connectivity index (χ0) is 14.8. The molecule has 2 rings (SSSR count). The number of carbonyl (C=O) groups is 1. The summed E-state index contributed by atoms with van der Waals surface area (Å²) >= 11 is 0.